The molecule has 0 fully saturated rings. The van der Waals surface area contributed by atoms with Crippen LogP contribution in [0.25, 0.3) is 0 Å². The Labute approximate surface area is 175 Å². The summed E-state index contributed by atoms with van der Waals surface area (Å²) < 4.78 is 32.7. The summed E-state index contributed by atoms with van der Waals surface area (Å²) in [6.45, 7) is -0.281. The molecule has 0 unspecified atom stereocenters. The van der Waals surface area contributed by atoms with Gasteiger partial charge < -0.3 is 15.1 Å². The molecule has 3 N–H and O–H groups in total. The van der Waals surface area contributed by atoms with Crippen LogP contribution in [0.3, 0.4) is 0 Å². The van der Waals surface area contributed by atoms with E-state index >= 15 is 0 Å². The van der Waals surface area contributed by atoms with E-state index < -0.39 is 21.8 Å². The Morgan fingerprint density at radius 3 is 2.34 bits per heavy atom. The third-order valence-corrected chi connectivity index (χ3v) is 5.48. The largest absolute Gasteiger partial charge is 0.444 e. The molecule has 0 aliphatic carbocycles. The number of hydrogen-bond donors (Lipinski definition) is 3. The number of sulfonamides is 1. The number of benzene rings is 2. The zero-order chi connectivity index (χ0) is 20.9. The molecule has 1 heterocycles. The van der Waals surface area contributed by atoms with Crippen molar-refractivity contribution in [2.45, 2.75) is 4.90 Å². The normalized spacial score (nSPS) is 10.9. The van der Waals surface area contributed by atoms with Crippen molar-refractivity contribution in [3.05, 3.63) is 77.2 Å². The molecule has 0 aliphatic heterocycles. The Morgan fingerprint density at radius 1 is 0.931 bits per heavy atom. The number of furan rings is 1. The van der Waals surface area contributed by atoms with Gasteiger partial charge in [0.25, 0.3) is 15.9 Å². The second-order valence-electron chi connectivity index (χ2n) is 5.83. The molecule has 3 rings (SSSR count). The first kappa shape index (κ1) is 20.6. The number of amides is 2. The maximum atomic E-state index is 12.4. The van der Waals surface area contributed by atoms with Gasteiger partial charge in [0.1, 0.15) is 0 Å². The van der Waals surface area contributed by atoms with Gasteiger partial charge in [-0.05, 0) is 58.4 Å². The fraction of sp³-hybridized carbons (Fsp3) is 0.0526. The smallest absolute Gasteiger partial charge is 0.287 e. The van der Waals surface area contributed by atoms with Crippen molar-refractivity contribution in [1.29, 1.82) is 0 Å². The van der Waals surface area contributed by atoms with Crippen LogP contribution >= 0.6 is 15.9 Å². The molecule has 29 heavy (non-hydrogen) atoms. The van der Waals surface area contributed by atoms with Gasteiger partial charge in [0.05, 0.1) is 17.1 Å². The molecule has 0 radical (unpaired) electrons. The molecule has 0 saturated carbocycles. The standard InChI is InChI=1S/C19H16BrN3O5S/c20-17-10-9-16(28-17)19(25)21-12-18(24)22-13-5-4-6-14(11-13)23-29(26,27)15-7-2-1-3-8-15/h1-11,23H,12H2,(H,21,25)(H,22,24). The average Bonchev–Trinajstić information content (AvgIpc) is 3.13. The Hall–Kier alpha value is -3.11. The van der Waals surface area contributed by atoms with Gasteiger partial charge in [-0.25, -0.2) is 8.42 Å². The van der Waals surface area contributed by atoms with E-state index in [4.69, 9.17) is 4.42 Å². The minimum Gasteiger partial charge on any atom is -0.444 e. The summed E-state index contributed by atoms with van der Waals surface area (Å²) in [6.07, 6.45) is 0. The lowest BCUT2D eigenvalue weighted by molar-refractivity contribution is -0.115. The molecule has 1 aromatic heterocycles. The quantitative estimate of drug-likeness (QED) is 0.482. The van der Waals surface area contributed by atoms with Gasteiger partial charge in [-0.3, -0.25) is 14.3 Å². The summed E-state index contributed by atoms with van der Waals surface area (Å²) in [5, 5.41) is 5.02. The van der Waals surface area contributed by atoms with Gasteiger partial charge in [0, 0.05) is 5.69 Å². The number of carbonyl (C=O) groups excluding carboxylic acids is 2. The van der Waals surface area contributed by atoms with Crippen molar-refractivity contribution < 1.29 is 22.4 Å². The fourth-order valence-electron chi connectivity index (χ4n) is 2.36. The fourth-order valence-corrected chi connectivity index (χ4v) is 3.74. The zero-order valence-corrected chi connectivity index (χ0v) is 17.3. The average molecular weight is 478 g/mol. The lowest BCUT2D eigenvalue weighted by atomic mass is 10.3. The highest BCUT2D eigenvalue weighted by molar-refractivity contribution is 9.10. The van der Waals surface area contributed by atoms with Crippen LogP contribution in [-0.2, 0) is 14.8 Å². The molecule has 0 saturated heterocycles. The second kappa shape index (κ2) is 8.93. The second-order valence-corrected chi connectivity index (χ2v) is 8.30. The number of hydrogen-bond acceptors (Lipinski definition) is 5. The number of halogens is 1. The van der Waals surface area contributed by atoms with Crippen LogP contribution in [0.1, 0.15) is 10.6 Å². The summed E-state index contributed by atoms with van der Waals surface area (Å²) in [5.74, 6) is -0.941. The molecular formula is C19H16BrN3O5S. The Kier molecular flexibility index (Phi) is 6.35. The molecule has 2 aromatic carbocycles. The van der Waals surface area contributed by atoms with E-state index in [0.717, 1.165) is 0 Å². The van der Waals surface area contributed by atoms with E-state index in [-0.39, 0.29) is 22.9 Å². The summed E-state index contributed by atoms with van der Waals surface area (Å²) >= 11 is 3.09. The summed E-state index contributed by atoms with van der Waals surface area (Å²) in [5.41, 5.74) is 0.661. The first-order valence-corrected chi connectivity index (χ1v) is 10.6. The molecule has 0 spiro atoms. The van der Waals surface area contributed by atoms with Gasteiger partial charge in [-0.2, -0.15) is 0 Å². The number of rotatable bonds is 7. The highest BCUT2D eigenvalue weighted by atomic mass is 79.9. The van der Waals surface area contributed by atoms with Crippen molar-refractivity contribution in [3.63, 3.8) is 0 Å². The number of nitrogens with one attached hydrogen (secondary N) is 3. The zero-order valence-electron chi connectivity index (χ0n) is 14.9. The highest BCUT2D eigenvalue weighted by Crippen LogP contribution is 2.19. The Morgan fingerprint density at radius 2 is 1.66 bits per heavy atom. The van der Waals surface area contributed by atoms with Crippen LogP contribution in [0.15, 0.2) is 80.7 Å². The topological polar surface area (TPSA) is 118 Å². The van der Waals surface area contributed by atoms with Gasteiger partial charge in [-0.1, -0.05) is 24.3 Å². The van der Waals surface area contributed by atoms with Gasteiger partial charge in [0.2, 0.25) is 5.91 Å². The van der Waals surface area contributed by atoms with E-state index in [0.29, 0.717) is 10.4 Å². The molecule has 2 amide bonds. The van der Waals surface area contributed by atoms with E-state index in [1.54, 1.807) is 42.5 Å². The van der Waals surface area contributed by atoms with E-state index in [1.165, 1.54) is 24.3 Å². The predicted octanol–water partition coefficient (Wildman–Crippen LogP) is 3.21. The van der Waals surface area contributed by atoms with Crippen molar-refractivity contribution in [2.75, 3.05) is 16.6 Å². The van der Waals surface area contributed by atoms with Gasteiger partial charge in [-0.15, -0.1) is 0 Å². The monoisotopic (exact) mass is 477 g/mol. The lowest BCUT2D eigenvalue weighted by Crippen LogP contribution is -2.32. The van der Waals surface area contributed by atoms with E-state index in [1.807, 2.05) is 0 Å². The number of carbonyl (C=O) groups is 2. The number of anilines is 2. The van der Waals surface area contributed by atoms with Crippen LogP contribution in [0.2, 0.25) is 0 Å². The summed E-state index contributed by atoms with van der Waals surface area (Å²) in [7, 11) is -3.74. The van der Waals surface area contributed by atoms with Crippen molar-refractivity contribution >= 4 is 49.1 Å². The minimum atomic E-state index is -3.74. The molecule has 0 bridgehead atoms. The lowest BCUT2D eigenvalue weighted by Gasteiger charge is -2.10. The molecule has 0 atom stereocenters. The van der Waals surface area contributed by atoms with Crippen molar-refractivity contribution in [2.24, 2.45) is 0 Å². The third kappa shape index (κ3) is 5.69. The summed E-state index contributed by atoms with van der Waals surface area (Å²) in [6, 6.07) is 17.2. The molecule has 8 nitrogen and oxygen atoms in total. The molecule has 0 aliphatic rings. The maximum Gasteiger partial charge on any atom is 0.287 e. The van der Waals surface area contributed by atoms with Crippen LogP contribution in [0, 0.1) is 0 Å². The van der Waals surface area contributed by atoms with Crippen LogP contribution in [-0.4, -0.2) is 26.8 Å². The molecule has 10 heteroatoms. The predicted molar refractivity (Wildman–Crippen MR) is 111 cm³/mol. The van der Waals surface area contributed by atoms with Crippen molar-refractivity contribution in [1.82, 2.24) is 5.32 Å². The Bertz CT molecular complexity index is 1130. The molecular weight excluding hydrogens is 462 g/mol. The first-order valence-electron chi connectivity index (χ1n) is 8.35. The molecule has 150 valence electrons. The highest BCUT2D eigenvalue weighted by Gasteiger charge is 2.14. The van der Waals surface area contributed by atoms with Crippen LogP contribution in [0.5, 0.6) is 0 Å². The Balaban J connectivity index is 1.59. The first-order chi connectivity index (χ1) is 13.8. The maximum absolute atomic E-state index is 12.4. The van der Waals surface area contributed by atoms with E-state index in [2.05, 4.69) is 31.3 Å². The third-order valence-electron chi connectivity index (χ3n) is 3.66. The summed E-state index contributed by atoms with van der Waals surface area (Å²) in [4.78, 5) is 24.1. The van der Waals surface area contributed by atoms with Gasteiger partial charge >= 0.3 is 0 Å². The minimum absolute atomic E-state index is 0.0713. The van der Waals surface area contributed by atoms with Crippen molar-refractivity contribution in [3.8, 4) is 0 Å². The van der Waals surface area contributed by atoms with Crippen LogP contribution in [0.4, 0.5) is 11.4 Å². The van der Waals surface area contributed by atoms with Crippen LogP contribution < -0.4 is 15.4 Å². The van der Waals surface area contributed by atoms with E-state index in [9.17, 15) is 18.0 Å². The molecule has 3 aromatic rings. The SMILES string of the molecule is O=C(CNC(=O)c1ccc(Br)o1)Nc1cccc(NS(=O)(=O)c2ccccc2)c1. The van der Waals surface area contributed by atoms with Gasteiger partial charge in [0.15, 0.2) is 10.4 Å².